The first kappa shape index (κ1) is 23.1. The fraction of sp³-hybridized carbons (Fsp3) is 0.308. The Hall–Kier alpha value is -3.54. The van der Waals surface area contributed by atoms with Crippen LogP contribution in [0.4, 0.5) is 0 Å². The molecule has 0 aliphatic carbocycles. The van der Waals surface area contributed by atoms with Gasteiger partial charge in [-0.25, -0.2) is 0 Å². The summed E-state index contributed by atoms with van der Waals surface area (Å²) in [6.45, 7) is 5.69. The zero-order chi connectivity index (χ0) is 23.1. The summed E-state index contributed by atoms with van der Waals surface area (Å²) in [6, 6.07) is 14.6. The van der Waals surface area contributed by atoms with Gasteiger partial charge in [-0.15, -0.1) is 0 Å². The lowest BCUT2D eigenvalue weighted by Gasteiger charge is -2.15. The number of fused-ring (bicyclic) bond motifs is 1. The number of aromatic hydroxyl groups is 1. The highest BCUT2D eigenvalue weighted by Crippen LogP contribution is 2.33. The molecule has 0 aliphatic rings. The van der Waals surface area contributed by atoms with Crippen LogP contribution in [0.2, 0.25) is 0 Å². The first-order valence-electron chi connectivity index (χ1n) is 10.7. The number of phenols is 1. The zero-order valence-corrected chi connectivity index (χ0v) is 18.6. The second-order valence-electron chi connectivity index (χ2n) is 7.56. The molecule has 0 aliphatic heterocycles. The first-order chi connectivity index (χ1) is 15.4. The van der Waals surface area contributed by atoms with Gasteiger partial charge in [0.25, 0.3) is 0 Å². The summed E-state index contributed by atoms with van der Waals surface area (Å²) in [5, 5.41) is 12.4. The van der Waals surface area contributed by atoms with Crippen molar-refractivity contribution in [3.05, 3.63) is 59.7 Å². The second kappa shape index (κ2) is 10.7. The highest BCUT2D eigenvalue weighted by atomic mass is 16.5. The Morgan fingerprint density at radius 3 is 2.25 bits per heavy atom. The Balaban J connectivity index is 1.57. The van der Waals surface area contributed by atoms with Gasteiger partial charge in [0.2, 0.25) is 0 Å². The quantitative estimate of drug-likeness (QED) is 0.196. The van der Waals surface area contributed by atoms with Gasteiger partial charge in [0, 0.05) is 18.9 Å². The molecule has 3 aromatic carbocycles. The van der Waals surface area contributed by atoms with Gasteiger partial charge in [0.05, 0.1) is 18.8 Å². The van der Waals surface area contributed by atoms with E-state index in [1.165, 1.54) is 13.8 Å². The molecule has 0 aromatic heterocycles. The maximum atomic E-state index is 11.7. The summed E-state index contributed by atoms with van der Waals surface area (Å²) in [5.41, 5.74) is 0.983. The molecule has 6 heteroatoms. The Labute approximate surface area is 187 Å². The number of carbonyl (C=O) groups excluding carboxylic acids is 2. The van der Waals surface area contributed by atoms with Crippen molar-refractivity contribution >= 4 is 22.5 Å². The monoisotopic (exact) mass is 436 g/mol. The van der Waals surface area contributed by atoms with Gasteiger partial charge >= 0.3 is 5.97 Å². The van der Waals surface area contributed by atoms with E-state index in [-0.39, 0.29) is 17.5 Å². The number of hydrogen-bond donors (Lipinski definition) is 1. The van der Waals surface area contributed by atoms with E-state index in [0.717, 1.165) is 17.2 Å². The fourth-order valence-corrected chi connectivity index (χ4v) is 3.48. The number of Topliss-reactive ketones (excluding diaryl/α,β-unsaturated/α-hetero) is 1. The molecule has 0 heterocycles. The largest absolute Gasteiger partial charge is 0.507 e. The molecular formula is C26H28O6. The average molecular weight is 437 g/mol. The highest BCUT2D eigenvalue weighted by Gasteiger charge is 2.15. The van der Waals surface area contributed by atoms with Crippen LogP contribution >= 0.6 is 0 Å². The topological polar surface area (TPSA) is 82.1 Å². The maximum absolute atomic E-state index is 11.7. The van der Waals surface area contributed by atoms with Crippen LogP contribution in [0, 0.1) is 0 Å². The van der Waals surface area contributed by atoms with Crippen molar-refractivity contribution in [3.8, 4) is 23.0 Å². The molecule has 0 saturated carbocycles. The van der Waals surface area contributed by atoms with Gasteiger partial charge in [-0.05, 0) is 60.5 Å². The molecule has 0 amide bonds. The summed E-state index contributed by atoms with van der Waals surface area (Å²) < 4.78 is 16.8. The molecule has 0 spiro atoms. The van der Waals surface area contributed by atoms with Crippen LogP contribution in [-0.4, -0.2) is 30.1 Å². The summed E-state index contributed by atoms with van der Waals surface area (Å²) >= 11 is 0. The van der Waals surface area contributed by atoms with Crippen molar-refractivity contribution in [3.63, 3.8) is 0 Å². The lowest BCUT2D eigenvalue weighted by molar-refractivity contribution is -0.131. The van der Waals surface area contributed by atoms with Crippen LogP contribution in [0.15, 0.2) is 48.5 Å². The number of phenolic OH excluding ortho intramolecular Hbond substituents is 1. The number of esters is 1. The standard InChI is InChI=1S/C26H28O6/c1-4-6-24-25(12-11-23(17(2)27)26(24)29)31-14-5-13-30-21-9-7-19-8-10-22(32-18(3)28)16-20(19)15-21/h7-12,15-16,29H,4-6,13-14H2,1-3H3. The van der Waals surface area contributed by atoms with E-state index in [0.29, 0.717) is 54.4 Å². The third-order valence-electron chi connectivity index (χ3n) is 4.98. The molecule has 6 nitrogen and oxygen atoms in total. The first-order valence-corrected chi connectivity index (χ1v) is 10.7. The lowest BCUT2D eigenvalue weighted by atomic mass is 10.0. The number of carbonyl (C=O) groups is 2. The molecule has 32 heavy (non-hydrogen) atoms. The Bertz CT molecular complexity index is 1120. The van der Waals surface area contributed by atoms with Gasteiger partial charge in [0.1, 0.15) is 23.0 Å². The van der Waals surface area contributed by atoms with E-state index in [9.17, 15) is 14.7 Å². The minimum Gasteiger partial charge on any atom is -0.507 e. The minimum absolute atomic E-state index is 0.0115. The summed E-state index contributed by atoms with van der Waals surface area (Å²) in [5.74, 6) is 1.29. The van der Waals surface area contributed by atoms with Crippen molar-refractivity contribution < 1.29 is 28.9 Å². The predicted octanol–water partition coefficient (Wildman–Crippen LogP) is 5.47. The van der Waals surface area contributed by atoms with E-state index in [4.69, 9.17) is 14.2 Å². The SMILES string of the molecule is CCCc1c(OCCCOc2ccc3ccc(OC(C)=O)cc3c2)ccc(C(C)=O)c1O. The molecule has 0 radical (unpaired) electrons. The molecule has 0 bridgehead atoms. The number of ether oxygens (including phenoxy) is 3. The van der Waals surface area contributed by atoms with Gasteiger partial charge in [-0.2, -0.15) is 0 Å². The van der Waals surface area contributed by atoms with Crippen LogP contribution in [0.1, 0.15) is 49.5 Å². The summed E-state index contributed by atoms with van der Waals surface area (Å²) in [6.07, 6.45) is 2.10. The fourth-order valence-electron chi connectivity index (χ4n) is 3.48. The van der Waals surface area contributed by atoms with Crippen LogP contribution in [0.25, 0.3) is 10.8 Å². The number of benzene rings is 3. The average Bonchev–Trinajstić information content (AvgIpc) is 2.74. The van der Waals surface area contributed by atoms with E-state index >= 15 is 0 Å². The smallest absolute Gasteiger partial charge is 0.308 e. The van der Waals surface area contributed by atoms with E-state index in [1.54, 1.807) is 24.3 Å². The summed E-state index contributed by atoms with van der Waals surface area (Å²) in [7, 11) is 0. The van der Waals surface area contributed by atoms with Crippen molar-refractivity contribution in [1.82, 2.24) is 0 Å². The molecular weight excluding hydrogens is 408 g/mol. The van der Waals surface area contributed by atoms with Crippen molar-refractivity contribution in [2.45, 2.75) is 40.0 Å². The van der Waals surface area contributed by atoms with Crippen molar-refractivity contribution in [2.24, 2.45) is 0 Å². The Morgan fingerprint density at radius 1 is 0.875 bits per heavy atom. The molecule has 0 fully saturated rings. The van der Waals surface area contributed by atoms with Crippen LogP contribution in [-0.2, 0) is 11.2 Å². The lowest BCUT2D eigenvalue weighted by Crippen LogP contribution is -2.07. The Morgan fingerprint density at radius 2 is 1.56 bits per heavy atom. The second-order valence-corrected chi connectivity index (χ2v) is 7.56. The zero-order valence-electron chi connectivity index (χ0n) is 18.6. The van der Waals surface area contributed by atoms with Gasteiger partial charge < -0.3 is 19.3 Å². The van der Waals surface area contributed by atoms with Gasteiger partial charge in [-0.3, -0.25) is 9.59 Å². The highest BCUT2D eigenvalue weighted by molar-refractivity contribution is 5.97. The predicted molar refractivity (Wildman–Crippen MR) is 123 cm³/mol. The molecule has 3 rings (SSSR count). The number of rotatable bonds is 10. The normalized spacial score (nSPS) is 10.7. The number of ketones is 1. The molecule has 0 saturated heterocycles. The third kappa shape index (κ3) is 5.78. The van der Waals surface area contributed by atoms with E-state index in [1.807, 2.05) is 31.2 Å². The van der Waals surface area contributed by atoms with E-state index in [2.05, 4.69) is 0 Å². The third-order valence-corrected chi connectivity index (χ3v) is 4.98. The molecule has 1 N–H and O–H groups in total. The van der Waals surface area contributed by atoms with Crippen molar-refractivity contribution in [1.29, 1.82) is 0 Å². The number of hydrogen-bond acceptors (Lipinski definition) is 6. The van der Waals surface area contributed by atoms with Gasteiger partial charge in [-0.1, -0.05) is 25.5 Å². The molecule has 0 atom stereocenters. The maximum Gasteiger partial charge on any atom is 0.308 e. The molecule has 0 unspecified atom stereocenters. The van der Waals surface area contributed by atoms with E-state index < -0.39 is 0 Å². The Kier molecular flexibility index (Phi) is 7.71. The van der Waals surface area contributed by atoms with Crippen LogP contribution in [0.5, 0.6) is 23.0 Å². The minimum atomic E-state index is -0.358. The van der Waals surface area contributed by atoms with Crippen LogP contribution < -0.4 is 14.2 Å². The van der Waals surface area contributed by atoms with Gasteiger partial charge in [0.15, 0.2) is 5.78 Å². The summed E-state index contributed by atoms with van der Waals surface area (Å²) in [4.78, 5) is 22.8. The van der Waals surface area contributed by atoms with Crippen molar-refractivity contribution in [2.75, 3.05) is 13.2 Å². The van der Waals surface area contributed by atoms with Crippen LogP contribution in [0.3, 0.4) is 0 Å². The molecule has 3 aromatic rings. The molecule has 168 valence electrons.